The van der Waals surface area contributed by atoms with Crippen LogP contribution in [-0.4, -0.2) is 12.6 Å². The van der Waals surface area contributed by atoms with Gasteiger partial charge in [0.1, 0.15) is 0 Å². The maximum Gasteiger partial charge on any atom is 0.160 e. The summed E-state index contributed by atoms with van der Waals surface area (Å²) in [6.45, 7) is 0. The van der Waals surface area contributed by atoms with Crippen LogP contribution in [0.4, 0.5) is 0 Å². The molecule has 0 N–H and O–H groups in total. The van der Waals surface area contributed by atoms with Crippen LogP contribution < -0.4 is 0 Å². The van der Waals surface area contributed by atoms with E-state index >= 15 is 0 Å². The van der Waals surface area contributed by atoms with Crippen LogP contribution in [0, 0.1) is 0 Å². The molecule has 2 aliphatic carbocycles. The lowest BCUT2D eigenvalue weighted by molar-refractivity contribution is 0.111. The molecule has 2 aromatic rings. The lowest BCUT2D eigenvalue weighted by atomic mass is 10.1. The molecule has 0 saturated carbocycles. The first-order valence-electron chi connectivity index (χ1n) is 6.68. The molecule has 2 heterocycles. The van der Waals surface area contributed by atoms with Gasteiger partial charge in [0.25, 0.3) is 0 Å². The van der Waals surface area contributed by atoms with E-state index in [4.69, 9.17) is 0 Å². The quantitative estimate of drug-likeness (QED) is 0.777. The number of aryl methyl sites for hydroxylation is 2. The van der Waals surface area contributed by atoms with Crippen LogP contribution >= 0.6 is 22.7 Å². The summed E-state index contributed by atoms with van der Waals surface area (Å²) in [5, 5.41) is 0. The number of hydrogen-bond acceptors (Lipinski definition) is 4. The monoisotopic (exact) mass is 300 g/mol. The molecule has 20 heavy (non-hydrogen) atoms. The largest absolute Gasteiger partial charge is 0.297 e. The molecule has 4 heteroatoms. The standard InChI is InChI=1S/C16H12O2S2/c17-7-11-5-9-1-3-13(15(9)19-11)14-4-2-10-6-12(8-18)20-16(10)14/h5-8H,1-4H2/b14-13-. The number of carbonyl (C=O) groups excluding carboxylic acids is 2. The number of allylic oxidation sites excluding steroid dienone is 2. The predicted molar refractivity (Wildman–Crippen MR) is 82.9 cm³/mol. The minimum absolute atomic E-state index is 0.825. The maximum atomic E-state index is 10.9. The van der Waals surface area contributed by atoms with Crippen LogP contribution in [0.15, 0.2) is 12.1 Å². The predicted octanol–water partition coefficient (Wildman–Crippen LogP) is 4.24. The Hall–Kier alpha value is -1.52. The van der Waals surface area contributed by atoms with Crippen LogP contribution in [0.5, 0.6) is 0 Å². The first-order chi connectivity index (χ1) is 9.80. The normalized spacial score (nSPS) is 20.0. The smallest absolute Gasteiger partial charge is 0.160 e. The molecule has 0 spiro atoms. The zero-order valence-electron chi connectivity index (χ0n) is 10.8. The number of aldehydes is 2. The van der Waals surface area contributed by atoms with Crippen molar-refractivity contribution in [2.45, 2.75) is 25.7 Å². The third-order valence-electron chi connectivity index (χ3n) is 4.09. The molecule has 2 aliphatic rings. The SMILES string of the molecule is O=Cc1cc2c(s1)/C(=C1/CCc3cc(C=O)sc31)CC2. The van der Waals surface area contributed by atoms with Crippen LogP contribution in [0.3, 0.4) is 0 Å². The Labute approximate surface area is 124 Å². The van der Waals surface area contributed by atoms with Gasteiger partial charge in [-0.1, -0.05) is 0 Å². The highest BCUT2D eigenvalue weighted by atomic mass is 32.1. The molecule has 0 bridgehead atoms. The number of thiophene rings is 2. The first kappa shape index (κ1) is 12.2. The Balaban J connectivity index is 1.87. The van der Waals surface area contributed by atoms with Crippen LogP contribution in [0.2, 0.25) is 0 Å². The van der Waals surface area contributed by atoms with E-state index in [2.05, 4.69) is 0 Å². The molecule has 0 aliphatic heterocycles. The average molecular weight is 300 g/mol. The zero-order chi connectivity index (χ0) is 13.7. The Morgan fingerprint density at radius 2 is 1.20 bits per heavy atom. The molecule has 2 nitrogen and oxygen atoms in total. The second-order valence-electron chi connectivity index (χ2n) is 5.20. The summed E-state index contributed by atoms with van der Waals surface area (Å²) in [5.74, 6) is 0. The minimum Gasteiger partial charge on any atom is -0.297 e. The van der Waals surface area contributed by atoms with Crippen molar-refractivity contribution in [3.63, 3.8) is 0 Å². The van der Waals surface area contributed by atoms with Gasteiger partial charge in [0, 0.05) is 9.75 Å². The van der Waals surface area contributed by atoms with Gasteiger partial charge in [0.15, 0.2) is 12.6 Å². The highest BCUT2D eigenvalue weighted by Crippen LogP contribution is 2.48. The molecule has 100 valence electrons. The fourth-order valence-corrected chi connectivity index (χ4v) is 5.47. The van der Waals surface area contributed by atoms with Crippen LogP contribution in [0.1, 0.15) is 53.1 Å². The van der Waals surface area contributed by atoms with Gasteiger partial charge in [-0.05, 0) is 60.1 Å². The third kappa shape index (κ3) is 1.68. The average Bonchev–Trinajstić information content (AvgIpc) is 3.17. The second-order valence-corrected chi connectivity index (χ2v) is 7.37. The third-order valence-corrected chi connectivity index (χ3v) is 6.41. The van der Waals surface area contributed by atoms with Gasteiger partial charge >= 0.3 is 0 Å². The number of carbonyl (C=O) groups is 2. The first-order valence-corrected chi connectivity index (χ1v) is 8.32. The molecular weight excluding hydrogens is 288 g/mol. The molecule has 4 rings (SSSR count). The molecule has 0 fully saturated rings. The molecule has 0 atom stereocenters. The van der Waals surface area contributed by atoms with Gasteiger partial charge in [-0.3, -0.25) is 9.59 Å². The van der Waals surface area contributed by atoms with Gasteiger partial charge in [-0.2, -0.15) is 0 Å². The van der Waals surface area contributed by atoms with E-state index in [0.29, 0.717) is 0 Å². The summed E-state index contributed by atoms with van der Waals surface area (Å²) >= 11 is 3.23. The van der Waals surface area contributed by atoms with E-state index in [9.17, 15) is 9.59 Å². The Morgan fingerprint density at radius 1 is 0.750 bits per heavy atom. The topological polar surface area (TPSA) is 34.1 Å². The molecule has 2 aromatic heterocycles. The highest BCUT2D eigenvalue weighted by molar-refractivity contribution is 7.16. The van der Waals surface area contributed by atoms with Crippen molar-refractivity contribution in [1.29, 1.82) is 0 Å². The summed E-state index contributed by atoms with van der Waals surface area (Å²) in [5.41, 5.74) is 5.47. The molecule has 0 radical (unpaired) electrons. The summed E-state index contributed by atoms with van der Waals surface area (Å²) in [6.07, 6.45) is 6.12. The minimum atomic E-state index is 0.825. The van der Waals surface area contributed by atoms with Crippen LogP contribution in [-0.2, 0) is 12.8 Å². The van der Waals surface area contributed by atoms with Crippen LogP contribution in [0.25, 0.3) is 11.1 Å². The van der Waals surface area contributed by atoms with Gasteiger partial charge in [0.2, 0.25) is 0 Å². The zero-order valence-corrected chi connectivity index (χ0v) is 12.4. The van der Waals surface area contributed by atoms with Crippen molar-refractivity contribution >= 4 is 46.4 Å². The van der Waals surface area contributed by atoms with Crippen molar-refractivity contribution in [2.24, 2.45) is 0 Å². The highest BCUT2D eigenvalue weighted by Gasteiger charge is 2.28. The second kappa shape index (κ2) is 4.50. The van der Waals surface area contributed by atoms with Gasteiger partial charge in [0.05, 0.1) is 9.75 Å². The number of rotatable bonds is 2. The molecule has 0 saturated heterocycles. The number of fused-ring (bicyclic) bond motifs is 2. The summed E-state index contributed by atoms with van der Waals surface area (Å²) in [6, 6.07) is 4.06. The lowest BCUT2D eigenvalue weighted by Gasteiger charge is -2.04. The fourth-order valence-electron chi connectivity index (χ4n) is 3.22. The molecular formula is C16H12O2S2. The van der Waals surface area contributed by atoms with Crippen molar-refractivity contribution in [1.82, 2.24) is 0 Å². The summed E-state index contributed by atoms with van der Waals surface area (Å²) < 4.78 is 0. The number of hydrogen-bond donors (Lipinski definition) is 0. The van der Waals surface area contributed by atoms with Crippen molar-refractivity contribution in [3.05, 3.63) is 42.8 Å². The molecule has 0 aromatic carbocycles. The Bertz CT molecular complexity index is 697. The molecule has 0 amide bonds. The van der Waals surface area contributed by atoms with Crippen molar-refractivity contribution < 1.29 is 9.59 Å². The van der Waals surface area contributed by atoms with Crippen molar-refractivity contribution in [3.8, 4) is 0 Å². The van der Waals surface area contributed by atoms with E-state index in [0.717, 1.165) is 48.0 Å². The van der Waals surface area contributed by atoms with E-state index in [1.54, 1.807) is 22.7 Å². The Kier molecular flexibility index (Phi) is 2.75. The van der Waals surface area contributed by atoms with E-state index in [1.807, 2.05) is 12.1 Å². The van der Waals surface area contributed by atoms with Crippen molar-refractivity contribution in [2.75, 3.05) is 0 Å². The van der Waals surface area contributed by atoms with E-state index in [1.165, 1.54) is 32.0 Å². The summed E-state index contributed by atoms with van der Waals surface area (Å²) in [4.78, 5) is 26.1. The van der Waals surface area contributed by atoms with Gasteiger partial charge < -0.3 is 0 Å². The maximum absolute atomic E-state index is 10.9. The fraction of sp³-hybridized carbons (Fsp3) is 0.250. The lowest BCUT2D eigenvalue weighted by Crippen LogP contribution is -1.81. The van der Waals surface area contributed by atoms with E-state index < -0.39 is 0 Å². The molecule has 0 unspecified atom stereocenters. The van der Waals surface area contributed by atoms with Gasteiger partial charge in [-0.25, -0.2) is 0 Å². The van der Waals surface area contributed by atoms with Gasteiger partial charge in [-0.15, -0.1) is 22.7 Å². The van der Waals surface area contributed by atoms with E-state index in [-0.39, 0.29) is 0 Å². The Morgan fingerprint density at radius 3 is 1.60 bits per heavy atom. The summed E-state index contributed by atoms with van der Waals surface area (Å²) in [7, 11) is 0.